The first-order chi connectivity index (χ1) is 8.95. The van der Waals surface area contributed by atoms with Crippen molar-refractivity contribution < 1.29 is 4.79 Å². The fourth-order valence-corrected chi connectivity index (χ4v) is 2.67. The summed E-state index contributed by atoms with van der Waals surface area (Å²) in [5.41, 5.74) is 4.84. The van der Waals surface area contributed by atoms with Crippen molar-refractivity contribution in [3.63, 3.8) is 0 Å². The quantitative estimate of drug-likeness (QED) is 0.797. The lowest BCUT2D eigenvalue weighted by molar-refractivity contribution is 0.101. The molecule has 0 amide bonds. The molecule has 0 spiro atoms. The molecule has 0 aliphatic rings. The normalized spacial score (nSPS) is 10.8. The fraction of sp³-hybridized carbons (Fsp3) is 0.333. The summed E-state index contributed by atoms with van der Waals surface area (Å²) in [4.78, 5) is 11.4. The highest BCUT2D eigenvalue weighted by molar-refractivity contribution is 6.34. The minimum Gasteiger partial charge on any atom is -0.294 e. The van der Waals surface area contributed by atoms with E-state index < -0.39 is 0 Å². The summed E-state index contributed by atoms with van der Waals surface area (Å²) in [6.07, 6.45) is 0.955. The Labute approximate surface area is 118 Å². The van der Waals surface area contributed by atoms with Crippen molar-refractivity contribution in [2.24, 2.45) is 0 Å². The molecular formula is C15H17ClN2O. The van der Waals surface area contributed by atoms with Gasteiger partial charge in [-0.25, -0.2) is 4.68 Å². The van der Waals surface area contributed by atoms with Crippen molar-refractivity contribution in [1.82, 2.24) is 9.78 Å². The SMILES string of the molecule is CCc1c(C)nn(-c2ccc(C(C)=O)c(Cl)c2)c1C. The molecule has 19 heavy (non-hydrogen) atoms. The van der Waals surface area contributed by atoms with Gasteiger partial charge in [0, 0.05) is 11.3 Å². The van der Waals surface area contributed by atoms with Crippen LogP contribution in [-0.4, -0.2) is 15.6 Å². The topological polar surface area (TPSA) is 34.9 Å². The Balaban J connectivity index is 2.54. The van der Waals surface area contributed by atoms with Crippen LogP contribution < -0.4 is 0 Å². The second-order valence-electron chi connectivity index (χ2n) is 4.64. The highest BCUT2D eigenvalue weighted by atomic mass is 35.5. The van der Waals surface area contributed by atoms with Gasteiger partial charge in [0.15, 0.2) is 5.78 Å². The number of benzene rings is 1. The number of aryl methyl sites for hydroxylation is 1. The number of rotatable bonds is 3. The highest BCUT2D eigenvalue weighted by Crippen LogP contribution is 2.23. The highest BCUT2D eigenvalue weighted by Gasteiger charge is 2.13. The van der Waals surface area contributed by atoms with Crippen LogP contribution in [0, 0.1) is 13.8 Å². The standard InChI is InChI=1S/C15H17ClN2O/c1-5-13-9(2)17-18(10(13)3)12-6-7-14(11(4)19)15(16)8-12/h6-8H,5H2,1-4H3. The molecule has 0 bridgehead atoms. The molecule has 2 rings (SSSR count). The molecule has 0 radical (unpaired) electrons. The summed E-state index contributed by atoms with van der Waals surface area (Å²) >= 11 is 6.15. The van der Waals surface area contributed by atoms with Crippen LogP contribution in [0.15, 0.2) is 18.2 Å². The second kappa shape index (κ2) is 5.17. The lowest BCUT2D eigenvalue weighted by Gasteiger charge is -2.07. The predicted octanol–water partition coefficient (Wildman–Crippen LogP) is 3.91. The van der Waals surface area contributed by atoms with E-state index >= 15 is 0 Å². The Morgan fingerprint density at radius 2 is 2.05 bits per heavy atom. The third kappa shape index (κ3) is 2.43. The van der Waals surface area contributed by atoms with Crippen molar-refractivity contribution >= 4 is 17.4 Å². The van der Waals surface area contributed by atoms with Crippen molar-refractivity contribution in [3.8, 4) is 5.69 Å². The molecular weight excluding hydrogens is 260 g/mol. The zero-order valence-electron chi connectivity index (χ0n) is 11.6. The Kier molecular flexibility index (Phi) is 3.76. The molecule has 0 saturated carbocycles. The van der Waals surface area contributed by atoms with E-state index in [9.17, 15) is 4.79 Å². The molecule has 0 fully saturated rings. The molecule has 100 valence electrons. The van der Waals surface area contributed by atoms with Gasteiger partial charge in [-0.1, -0.05) is 18.5 Å². The van der Waals surface area contributed by atoms with E-state index in [0.29, 0.717) is 10.6 Å². The van der Waals surface area contributed by atoms with Gasteiger partial charge in [0.25, 0.3) is 0 Å². The lowest BCUT2D eigenvalue weighted by Crippen LogP contribution is -2.01. The first kappa shape index (κ1) is 13.8. The van der Waals surface area contributed by atoms with Crippen molar-refractivity contribution in [2.45, 2.75) is 34.1 Å². The van der Waals surface area contributed by atoms with E-state index in [-0.39, 0.29) is 5.78 Å². The third-order valence-electron chi connectivity index (χ3n) is 3.37. The van der Waals surface area contributed by atoms with E-state index in [1.807, 2.05) is 24.6 Å². The number of ketones is 1. The molecule has 0 unspecified atom stereocenters. The van der Waals surface area contributed by atoms with E-state index in [1.165, 1.54) is 12.5 Å². The van der Waals surface area contributed by atoms with Crippen LogP contribution in [0.1, 0.15) is 41.2 Å². The molecule has 0 aliphatic heterocycles. The van der Waals surface area contributed by atoms with Gasteiger partial charge >= 0.3 is 0 Å². The van der Waals surface area contributed by atoms with E-state index in [2.05, 4.69) is 12.0 Å². The number of carbonyl (C=O) groups excluding carboxylic acids is 1. The molecule has 4 heteroatoms. The van der Waals surface area contributed by atoms with Crippen molar-refractivity contribution in [1.29, 1.82) is 0 Å². The van der Waals surface area contributed by atoms with Gasteiger partial charge in [-0.3, -0.25) is 4.79 Å². The Morgan fingerprint density at radius 1 is 1.37 bits per heavy atom. The molecule has 1 heterocycles. The largest absolute Gasteiger partial charge is 0.294 e. The number of hydrogen-bond acceptors (Lipinski definition) is 2. The molecule has 3 nitrogen and oxygen atoms in total. The first-order valence-corrected chi connectivity index (χ1v) is 6.69. The van der Waals surface area contributed by atoms with E-state index in [1.54, 1.807) is 12.1 Å². The zero-order chi connectivity index (χ0) is 14.2. The Hall–Kier alpha value is -1.61. The van der Waals surface area contributed by atoms with Crippen molar-refractivity contribution in [2.75, 3.05) is 0 Å². The van der Waals surface area contributed by atoms with Crippen molar-refractivity contribution in [3.05, 3.63) is 45.7 Å². The van der Waals surface area contributed by atoms with Crippen LogP contribution >= 0.6 is 11.6 Å². The molecule has 0 atom stereocenters. The molecule has 1 aromatic heterocycles. The minimum atomic E-state index is -0.0286. The molecule has 0 aliphatic carbocycles. The third-order valence-corrected chi connectivity index (χ3v) is 3.68. The summed E-state index contributed by atoms with van der Waals surface area (Å²) in [7, 11) is 0. The minimum absolute atomic E-state index is 0.0286. The average Bonchev–Trinajstić information content (AvgIpc) is 2.63. The molecule has 1 aromatic carbocycles. The average molecular weight is 277 g/mol. The van der Waals surface area contributed by atoms with Gasteiger partial charge in [-0.15, -0.1) is 0 Å². The summed E-state index contributed by atoms with van der Waals surface area (Å²) in [6.45, 7) is 7.69. The maximum Gasteiger partial charge on any atom is 0.161 e. The van der Waals surface area contributed by atoms with Gasteiger partial charge in [0.1, 0.15) is 0 Å². The summed E-state index contributed by atoms with van der Waals surface area (Å²) < 4.78 is 1.88. The van der Waals surface area contributed by atoms with Gasteiger partial charge in [-0.2, -0.15) is 5.10 Å². The van der Waals surface area contributed by atoms with E-state index in [4.69, 9.17) is 11.6 Å². The second-order valence-corrected chi connectivity index (χ2v) is 5.04. The van der Waals surface area contributed by atoms with Crippen LogP contribution in [0.5, 0.6) is 0 Å². The number of hydrogen-bond donors (Lipinski definition) is 0. The molecule has 0 N–H and O–H groups in total. The van der Waals surface area contributed by atoms with Crippen LogP contribution in [0.3, 0.4) is 0 Å². The van der Waals surface area contributed by atoms with Gasteiger partial charge in [0.2, 0.25) is 0 Å². The summed E-state index contributed by atoms with van der Waals surface area (Å²) in [5.74, 6) is -0.0286. The number of nitrogens with zero attached hydrogens (tertiary/aromatic N) is 2. The first-order valence-electron chi connectivity index (χ1n) is 6.31. The number of Topliss-reactive ketones (excluding diaryl/α,β-unsaturated/α-hetero) is 1. The number of carbonyl (C=O) groups is 1. The summed E-state index contributed by atoms with van der Waals surface area (Å²) in [6, 6.07) is 5.42. The van der Waals surface area contributed by atoms with Gasteiger partial charge in [-0.05, 0) is 51.0 Å². The van der Waals surface area contributed by atoms with Crippen LogP contribution in [-0.2, 0) is 6.42 Å². The smallest absolute Gasteiger partial charge is 0.161 e. The van der Waals surface area contributed by atoms with Crippen LogP contribution in [0.25, 0.3) is 5.69 Å². The summed E-state index contributed by atoms with van der Waals surface area (Å²) in [5, 5.41) is 5.01. The predicted molar refractivity (Wildman–Crippen MR) is 77.4 cm³/mol. The number of aromatic nitrogens is 2. The Bertz CT molecular complexity index is 644. The maximum absolute atomic E-state index is 11.4. The molecule has 0 saturated heterocycles. The van der Waals surface area contributed by atoms with Gasteiger partial charge in [0.05, 0.1) is 16.4 Å². The fourth-order valence-electron chi connectivity index (χ4n) is 2.36. The Morgan fingerprint density at radius 3 is 2.53 bits per heavy atom. The van der Waals surface area contributed by atoms with Crippen LogP contribution in [0.2, 0.25) is 5.02 Å². The zero-order valence-corrected chi connectivity index (χ0v) is 12.4. The van der Waals surface area contributed by atoms with Gasteiger partial charge < -0.3 is 0 Å². The maximum atomic E-state index is 11.4. The lowest BCUT2D eigenvalue weighted by atomic mass is 10.1. The van der Waals surface area contributed by atoms with E-state index in [0.717, 1.165) is 23.5 Å². The molecule has 2 aromatic rings. The monoisotopic (exact) mass is 276 g/mol. The van der Waals surface area contributed by atoms with Crippen LogP contribution in [0.4, 0.5) is 0 Å². The number of halogens is 1.